The van der Waals surface area contributed by atoms with Gasteiger partial charge >= 0.3 is 11.9 Å². The third-order valence-corrected chi connectivity index (χ3v) is 0.202. The van der Waals surface area contributed by atoms with Crippen molar-refractivity contribution in [3.63, 3.8) is 0 Å². The molecule has 0 fully saturated rings. The monoisotopic (exact) mass is 188 g/mol. The Hall–Kier alpha value is -0.460. The smallest absolute Gasteiger partial charge is 0.368 e. The Morgan fingerprint density at radius 2 is 1.00 bits per heavy atom. The molecule has 2 N–H and O–H groups in total. The largest absolute Gasteiger partial charge is 0.476 e. The predicted molar refractivity (Wildman–Crippen MR) is 33.2 cm³/mol. The van der Waals surface area contributed by atoms with Crippen molar-refractivity contribution in [1.29, 1.82) is 0 Å². The van der Waals surface area contributed by atoms with Gasteiger partial charge in [0, 0.05) is 37.7 Å². The SMILES string of the molecule is O=CC(=O)O.O=CC(=O)O.[Ca]. The van der Waals surface area contributed by atoms with Gasteiger partial charge in [0.05, 0.1) is 0 Å². The minimum absolute atomic E-state index is 0. The zero-order valence-electron chi connectivity index (χ0n) is 5.39. The Morgan fingerprint density at radius 1 is 0.909 bits per heavy atom. The molecule has 58 valence electrons. The number of aldehydes is 2. The van der Waals surface area contributed by atoms with Crippen molar-refractivity contribution in [3.8, 4) is 0 Å². The first-order chi connectivity index (χ1) is 4.54. The fourth-order valence-electron chi connectivity index (χ4n) is 0. The second-order valence-corrected chi connectivity index (χ2v) is 0.912. The maximum atomic E-state index is 9.00. The van der Waals surface area contributed by atoms with Gasteiger partial charge in [0.1, 0.15) is 0 Å². The molecule has 11 heavy (non-hydrogen) atoms. The molecular formula is C4H4CaO6. The fraction of sp³-hybridized carbons (Fsp3) is 0. The summed E-state index contributed by atoms with van der Waals surface area (Å²) in [5.41, 5.74) is 0. The summed E-state index contributed by atoms with van der Waals surface area (Å²) in [5.74, 6) is -2.85. The Bertz CT molecular complexity index is 135. The van der Waals surface area contributed by atoms with Crippen molar-refractivity contribution < 1.29 is 29.4 Å². The van der Waals surface area contributed by atoms with Crippen molar-refractivity contribution in [2.24, 2.45) is 0 Å². The molecule has 0 bridgehead atoms. The van der Waals surface area contributed by atoms with Crippen LogP contribution in [0.4, 0.5) is 0 Å². The van der Waals surface area contributed by atoms with E-state index in [1.165, 1.54) is 0 Å². The van der Waals surface area contributed by atoms with Crippen LogP contribution in [0.5, 0.6) is 0 Å². The first kappa shape index (κ1) is 16.9. The molecule has 0 aromatic carbocycles. The Morgan fingerprint density at radius 3 is 1.00 bits per heavy atom. The van der Waals surface area contributed by atoms with Gasteiger partial charge in [-0.05, 0) is 0 Å². The van der Waals surface area contributed by atoms with Gasteiger partial charge in [-0.2, -0.15) is 0 Å². The van der Waals surface area contributed by atoms with Crippen LogP contribution >= 0.6 is 0 Å². The van der Waals surface area contributed by atoms with Crippen molar-refractivity contribution in [2.45, 2.75) is 0 Å². The molecule has 0 amide bonds. The van der Waals surface area contributed by atoms with E-state index in [4.69, 9.17) is 29.4 Å². The van der Waals surface area contributed by atoms with Gasteiger partial charge in [-0.25, -0.2) is 9.59 Å². The molecule has 0 aliphatic carbocycles. The number of carboxylic acid groups (broad SMARTS) is 2. The minimum atomic E-state index is -1.43. The molecule has 0 aromatic rings. The maximum Gasteiger partial charge on any atom is 0.368 e. The second-order valence-electron chi connectivity index (χ2n) is 0.912. The van der Waals surface area contributed by atoms with Crippen molar-refractivity contribution in [1.82, 2.24) is 0 Å². The van der Waals surface area contributed by atoms with E-state index < -0.39 is 11.9 Å². The number of rotatable bonds is 2. The molecule has 6 nitrogen and oxygen atoms in total. The third kappa shape index (κ3) is 43.3. The quantitative estimate of drug-likeness (QED) is 0.299. The second kappa shape index (κ2) is 12.2. The van der Waals surface area contributed by atoms with Crippen LogP contribution in [0.25, 0.3) is 0 Å². The van der Waals surface area contributed by atoms with Crippen molar-refractivity contribution in [2.75, 3.05) is 0 Å². The normalized spacial score (nSPS) is 5.82. The number of carboxylic acids is 2. The number of aliphatic carboxylic acids is 2. The van der Waals surface area contributed by atoms with Crippen molar-refractivity contribution in [3.05, 3.63) is 0 Å². The summed E-state index contributed by atoms with van der Waals surface area (Å²) >= 11 is 0. The van der Waals surface area contributed by atoms with Gasteiger partial charge in [-0.3, -0.25) is 9.59 Å². The third-order valence-electron chi connectivity index (χ3n) is 0.202. The molecule has 0 rings (SSSR count). The first-order valence-electron chi connectivity index (χ1n) is 1.90. The van der Waals surface area contributed by atoms with Crippen LogP contribution in [0.3, 0.4) is 0 Å². The summed E-state index contributed by atoms with van der Waals surface area (Å²) < 4.78 is 0. The van der Waals surface area contributed by atoms with Gasteiger partial charge in [0.2, 0.25) is 12.6 Å². The van der Waals surface area contributed by atoms with E-state index in [9.17, 15) is 0 Å². The summed E-state index contributed by atoms with van der Waals surface area (Å²) in [4.78, 5) is 35.8. The Labute approximate surface area is 91.2 Å². The number of hydrogen-bond acceptors (Lipinski definition) is 4. The molecule has 0 aliphatic rings. The van der Waals surface area contributed by atoms with Crippen LogP contribution in [0.2, 0.25) is 0 Å². The molecule has 0 atom stereocenters. The zero-order chi connectivity index (χ0) is 8.57. The van der Waals surface area contributed by atoms with Gasteiger partial charge < -0.3 is 10.2 Å². The van der Waals surface area contributed by atoms with E-state index >= 15 is 0 Å². The minimum Gasteiger partial charge on any atom is -0.476 e. The standard InChI is InChI=1S/2C2H2O3.Ca/c2*3-1-2(4)5;/h2*1H,(H,4,5);. The number of carbonyl (C=O) groups excluding carboxylic acids is 2. The van der Waals surface area contributed by atoms with E-state index in [0.717, 1.165) is 0 Å². The van der Waals surface area contributed by atoms with Crippen LogP contribution in [0.1, 0.15) is 0 Å². The van der Waals surface area contributed by atoms with Gasteiger partial charge in [-0.15, -0.1) is 0 Å². The van der Waals surface area contributed by atoms with Crippen LogP contribution in [-0.4, -0.2) is 72.5 Å². The zero-order valence-corrected chi connectivity index (χ0v) is 7.60. The van der Waals surface area contributed by atoms with E-state index in [0.29, 0.717) is 0 Å². The average Bonchev–Trinajstić information content (AvgIpc) is 1.89. The molecular weight excluding hydrogens is 184 g/mol. The van der Waals surface area contributed by atoms with E-state index in [2.05, 4.69) is 0 Å². The van der Waals surface area contributed by atoms with Gasteiger partial charge in [0.25, 0.3) is 0 Å². The van der Waals surface area contributed by atoms with E-state index in [1.54, 1.807) is 0 Å². The van der Waals surface area contributed by atoms with Crippen molar-refractivity contribution >= 4 is 62.2 Å². The van der Waals surface area contributed by atoms with Gasteiger partial charge in [0.15, 0.2) is 0 Å². The molecule has 0 spiro atoms. The predicted octanol–water partition coefficient (Wildman–Crippen LogP) is -1.84. The topological polar surface area (TPSA) is 109 Å². The average molecular weight is 188 g/mol. The Balaban J connectivity index is -0.000000107. The van der Waals surface area contributed by atoms with Crippen LogP contribution < -0.4 is 0 Å². The van der Waals surface area contributed by atoms with Gasteiger partial charge in [-0.1, -0.05) is 0 Å². The maximum absolute atomic E-state index is 9.00. The van der Waals surface area contributed by atoms with E-state index in [-0.39, 0.29) is 50.3 Å². The van der Waals surface area contributed by atoms with Crippen LogP contribution in [-0.2, 0) is 19.2 Å². The molecule has 0 heterocycles. The van der Waals surface area contributed by atoms with Crippen LogP contribution in [0.15, 0.2) is 0 Å². The summed E-state index contributed by atoms with van der Waals surface area (Å²) in [6, 6.07) is 0. The molecule has 0 aromatic heterocycles. The number of carbonyl (C=O) groups is 4. The molecule has 0 saturated heterocycles. The summed E-state index contributed by atoms with van der Waals surface area (Å²) in [6.45, 7) is 0. The fourth-order valence-corrected chi connectivity index (χ4v) is 0. The molecule has 7 heteroatoms. The summed E-state index contributed by atoms with van der Waals surface area (Å²) in [6.07, 6.45) is -0.333. The molecule has 0 aliphatic heterocycles. The molecule has 0 unspecified atom stereocenters. The first-order valence-corrected chi connectivity index (χ1v) is 1.90. The van der Waals surface area contributed by atoms with Crippen LogP contribution in [0, 0.1) is 0 Å². The molecule has 0 saturated carbocycles. The van der Waals surface area contributed by atoms with E-state index in [1.807, 2.05) is 0 Å². The molecule has 2 radical (unpaired) electrons. The summed E-state index contributed by atoms with van der Waals surface area (Å²) in [7, 11) is 0. The Kier molecular flexibility index (Phi) is 18.8. The number of hydrogen-bond donors (Lipinski definition) is 2. The summed E-state index contributed by atoms with van der Waals surface area (Å²) in [5, 5.41) is 14.7.